The first-order valence-electron chi connectivity index (χ1n) is 5.27. The Morgan fingerprint density at radius 3 is 2.81 bits per heavy atom. The van der Waals surface area contributed by atoms with Crippen molar-refractivity contribution in [3.8, 4) is 6.07 Å². The number of hydrogen-bond donors (Lipinski definition) is 0. The number of nitriles is 1. The first kappa shape index (κ1) is 13.0. The molecule has 0 saturated carbocycles. The molecule has 1 aromatic rings. The molecule has 0 fully saturated rings. The lowest BCUT2D eigenvalue weighted by molar-refractivity contribution is 0.102. The Bertz CT molecular complexity index is 382. The summed E-state index contributed by atoms with van der Waals surface area (Å²) in [5.41, 5.74) is 0.746. The van der Waals surface area contributed by atoms with Crippen molar-refractivity contribution in [2.45, 2.75) is 26.9 Å². The van der Waals surface area contributed by atoms with Gasteiger partial charge in [0.15, 0.2) is 0 Å². The molecule has 0 bridgehead atoms. The third kappa shape index (κ3) is 4.65. The quantitative estimate of drug-likeness (QED) is 0.730. The van der Waals surface area contributed by atoms with Crippen LogP contribution in [0.3, 0.4) is 0 Å². The smallest absolute Gasteiger partial charge is 0.0717 e. The standard InChI is InChI=1S/C13H16ClNO/c1-13(2,10-15)6-7-16-9-11-4-3-5-12(14)8-11/h3-5,8H,6-7,9H2,1-2H3. The van der Waals surface area contributed by atoms with Gasteiger partial charge in [-0.05, 0) is 38.0 Å². The molecule has 0 atom stereocenters. The van der Waals surface area contributed by atoms with E-state index in [0.717, 1.165) is 17.0 Å². The molecule has 0 spiro atoms. The molecule has 0 aliphatic heterocycles. The molecule has 0 aliphatic carbocycles. The Kier molecular flexibility index (Phi) is 4.79. The molecule has 2 nitrogen and oxygen atoms in total. The lowest BCUT2D eigenvalue weighted by Crippen LogP contribution is -2.11. The molecule has 0 amide bonds. The summed E-state index contributed by atoms with van der Waals surface area (Å²) < 4.78 is 5.50. The molecule has 0 aromatic heterocycles. The SMILES string of the molecule is CC(C)(C#N)CCOCc1cccc(Cl)c1. The van der Waals surface area contributed by atoms with E-state index in [0.29, 0.717) is 13.2 Å². The van der Waals surface area contributed by atoms with Crippen LogP contribution in [0.1, 0.15) is 25.8 Å². The fraction of sp³-hybridized carbons (Fsp3) is 0.462. The average Bonchev–Trinajstić information content (AvgIpc) is 2.25. The third-order valence-corrected chi connectivity index (χ3v) is 2.57. The second kappa shape index (κ2) is 5.89. The topological polar surface area (TPSA) is 33.0 Å². The van der Waals surface area contributed by atoms with E-state index < -0.39 is 0 Å². The summed E-state index contributed by atoms with van der Waals surface area (Å²) in [6, 6.07) is 9.85. The Labute approximate surface area is 102 Å². The van der Waals surface area contributed by atoms with Gasteiger partial charge in [0.25, 0.3) is 0 Å². The van der Waals surface area contributed by atoms with Crippen LogP contribution in [0.25, 0.3) is 0 Å². The van der Waals surface area contributed by atoms with Gasteiger partial charge in [-0.15, -0.1) is 0 Å². The lowest BCUT2D eigenvalue weighted by Gasteiger charge is -2.14. The monoisotopic (exact) mass is 237 g/mol. The fourth-order valence-electron chi connectivity index (χ4n) is 1.20. The first-order valence-corrected chi connectivity index (χ1v) is 5.65. The van der Waals surface area contributed by atoms with Crippen LogP contribution < -0.4 is 0 Å². The Morgan fingerprint density at radius 2 is 2.19 bits per heavy atom. The van der Waals surface area contributed by atoms with E-state index in [1.165, 1.54) is 0 Å². The number of halogens is 1. The summed E-state index contributed by atoms with van der Waals surface area (Å²) in [6.07, 6.45) is 0.740. The van der Waals surface area contributed by atoms with Crippen LogP contribution in [0.4, 0.5) is 0 Å². The van der Waals surface area contributed by atoms with Crippen molar-refractivity contribution < 1.29 is 4.74 Å². The molecular weight excluding hydrogens is 222 g/mol. The molecule has 0 heterocycles. The van der Waals surface area contributed by atoms with Crippen molar-refractivity contribution in [2.75, 3.05) is 6.61 Å². The van der Waals surface area contributed by atoms with Gasteiger partial charge in [0.1, 0.15) is 0 Å². The molecule has 0 aliphatic rings. The van der Waals surface area contributed by atoms with Crippen LogP contribution in [0.15, 0.2) is 24.3 Å². The second-order valence-corrected chi connectivity index (χ2v) is 4.86. The van der Waals surface area contributed by atoms with Crippen LogP contribution >= 0.6 is 11.6 Å². The maximum atomic E-state index is 8.82. The highest BCUT2D eigenvalue weighted by molar-refractivity contribution is 6.30. The number of hydrogen-bond acceptors (Lipinski definition) is 2. The predicted molar refractivity (Wildman–Crippen MR) is 65.1 cm³/mol. The minimum absolute atomic E-state index is 0.311. The van der Waals surface area contributed by atoms with Crippen molar-refractivity contribution in [1.29, 1.82) is 5.26 Å². The highest BCUT2D eigenvalue weighted by Crippen LogP contribution is 2.18. The first-order chi connectivity index (χ1) is 7.53. The van der Waals surface area contributed by atoms with E-state index in [2.05, 4.69) is 6.07 Å². The Hall–Kier alpha value is -1.04. The number of ether oxygens (including phenoxy) is 1. The molecular formula is C13H16ClNO. The summed E-state index contributed by atoms with van der Waals surface area (Å²) >= 11 is 5.85. The van der Waals surface area contributed by atoms with Crippen LogP contribution in [0, 0.1) is 16.7 Å². The molecule has 0 N–H and O–H groups in total. The van der Waals surface area contributed by atoms with Crippen molar-refractivity contribution in [3.05, 3.63) is 34.9 Å². The van der Waals surface area contributed by atoms with E-state index in [9.17, 15) is 0 Å². The summed E-state index contributed by atoms with van der Waals surface area (Å²) in [4.78, 5) is 0. The van der Waals surface area contributed by atoms with Crippen molar-refractivity contribution >= 4 is 11.6 Å². The third-order valence-electron chi connectivity index (χ3n) is 2.33. The number of benzene rings is 1. The molecule has 0 unspecified atom stereocenters. The van der Waals surface area contributed by atoms with Gasteiger partial charge in [-0.25, -0.2) is 0 Å². The maximum Gasteiger partial charge on any atom is 0.0717 e. The van der Waals surface area contributed by atoms with Gasteiger partial charge >= 0.3 is 0 Å². The van der Waals surface area contributed by atoms with Gasteiger partial charge in [-0.3, -0.25) is 0 Å². The second-order valence-electron chi connectivity index (χ2n) is 4.43. The van der Waals surface area contributed by atoms with E-state index in [4.69, 9.17) is 21.6 Å². The molecule has 0 radical (unpaired) electrons. The van der Waals surface area contributed by atoms with Crippen LogP contribution in [-0.2, 0) is 11.3 Å². The van der Waals surface area contributed by atoms with E-state index in [1.807, 2.05) is 38.1 Å². The highest BCUT2D eigenvalue weighted by Gasteiger charge is 2.15. The zero-order chi connectivity index (χ0) is 12.0. The molecule has 1 aromatic carbocycles. The largest absolute Gasteiger partial charge is 0.377 e. The number of nitrogens with zero attached hydrogens (tertiary/aromatic N) is 1. The van der Waals surface area contributed by atoms with Gasteiger partial charge in [-0.2, -0.15) is 5.26 Å². The van der Waals surface area contributed by atoms with E-state index in [1.54, 1.807) is 0 Å². The van der Waals surface area contributed by atoms with Crippen molar-refractivity contribution in [3.63, 3.8) is 0 Å². The zero-order valence-corrected chi connectivity index (χ0v) is 10.4. The summed E-state index contributed by atoms with van der Waals surface area (Å²) in [7, 11) is 0. The number of rotatable bonds is 5. The van der Waals surface area contributed by atoms with E-state index >= 15 is 0 Å². The van der Waals surface area contributed by atoms with Gasteiger partial charge in [0, 0.05) is 11.6 Å². The van der Waals surface area contributed by atoms with Crippen molar-refractivity contribution in [2.24, 2.45) is 5.41 Å². The maximum absolute atomic E-state index is 8.82. The summed E-state index contributed by atoms with van der Waals surface area (Å²) in [6.45, 7) is 4.96. The molecule has 86 valence electrons. The van der Waals surface area contributed by atoms with Crippen molar-refractivity contribution in [1.82, 2.24) is 0 Å². The molecule has 0 saturated heterocycles. The minimum atomic E-state index is -0.311. The fourth-order valence-corrected chi connectivity index (χ4v) is 1.41. The Balaban J connectivity index is 2.29. The van der Waals surface area contributed by atoms with Crippen LogP contribution in [0.5, 0.6) is 0 Å². The van der Waals surface area contributed by atoms with Crippen LogP contribution in [-0.4, -0.2) is 6.61 Å². The normalized spacial score (nSPS) is 11.1. The van der Waals surface area contributed by atoms with Gasteiger partial charge in [0.2, 0.25) is 0 Å². The van der Waals surface area contributed by atoms with Gasteiger partial charge in [0.05, 0.1) is 18.1 Å². The molecule has 1 rings (SSSR count). The molecule has 16 heavy (non-hydrogen) atoms. The lowest BCUT2D eigenvalue weighted by atomic mass is 9.92. The minimum Gasteiger partial charge on any atom is -0.377 e. The highest BCUT2D eigenvalue weighted by atomic mass is 35.5. The van der Waals surface area contributed by atoms with E-state index in [-0.39, 0.29) is 5.41 Å². The average molecular weight is 238 g/mol. The van der Waals surface area contributed by atoms with Gasteiger partial charge < -0.3 is 4.74 Å². The summed E-state index contributed by atoms with van der Waals surface area (Å²) in [5, 5.41) is 9.54. The Morgan fingerprint density at radius 1 is 1.44 bits per heavy atom. The van der Waals surface area contributed by atoms with Crippen LogP contribution in [0.2, 0.25) is 5.02 Å². The van der Waals surface area contributed by atoms with Gasteiger partial charge in [-0.1, -0.05) is 23.7 Å². The zero-order valence-electron chi connectivity index (χ0n) is 9.66. The predicted octanol–water partition coefficient (Wildman–Crippen LogP) is 3.80. The summed E-state index contributed by atoms with van der Waals surface area (Å²) in [5.74, 6) is 0. The molecule has 3 heteroatoms.